The van der Waals surface area contributed by atoms with Gasteiger partial charge in [-0.25, -0.2) is 0 Å². The van der Waals surface area contributed by atoms with Gasteiger partial charge in [-0.1, -0.05) is 29.8 Å². The minimum atomic E-state index is -1.30. The molecule has 0 fully saturated rings. The molecule has 0 bridgehead atoms. The van der Waals surface area contributed by atoms with Gasteiger partial charge in [0.2, 0.25) is 9.99 Å². The van der Waals surface area contributed by atoms with Crippen molar-refractivity contribution in [3.8, 4) is 11.5 Å². The first-order valence-electron chi connectivity index (χ1n) is 7.47. The summed E-state index contributed by atoms with van der Waals surface area (Å²) in [6.45, 7) is 3.63. The Bertz CT molecular complexity index is 780. The first kappa shape index (κ1) is 17.0. The van der Waals surface area contributed by atoms with Crippen LogP contribution in [0.3, 0.4) is 0 Å². The molecule has 2 aromatic rings. The smallest absolute Gasteiger partial charge is 0.210 e. The van der Waals surface area contributed by atoms with Crippen LogP contribution in [0.1, 0.15) is 24.2 Å². The lowest BCUT2D eigenvalue weighted by Gasteiger charge is -2.43. The van der Waals surface area contributed by atoms with E-state index in [0.29, 0.717) is 11.3 Å². The Morgan fingerprint density at radius 1 is 1.17 bits per heavy atom. The van der Waals surface area contributed by atoms with Crippen LogP contribution < -0.4 is 14.2 Å². The third kappa shape index (κ3) is 2.82. The summed E-state index contributed by atoms with van der Waals surface area (Å²) in [5, 5.41) is 0. The summed E-state index contributed by atoms with van der Waals surface area (Å²) in [6.07, 6.45) is 0. The number of ether oxygens (including phenoxy) is 2. The number of nitrogens with one attached hydrogen (secondary N) is 1. The van der Waals surface area contributed by atoms with Gasteiger partial charge >= 0.3 is 0 Å². The Balaban J connectivity index is 1.89. The van der Waals surface area contributed by atoms with Gasteiger partial charge in [0.1, 0.15) is 17.1 Å². The quantitative estimate of drug-likeness (QED) is 0.627. The first-order chi connectivity index (χ1) is 11.4. The summed E-state index contributed by atoms with van der Waals surface area (Å²) in [5.41, 5.74) is 0.393. The molecule has 0 aromatic heterocycles. The Morgan fingerprint density at radius 3 is 2.67 bits per heavy atom. The molecule has 0 spiro atoms. The van der Waals surface area contributed by atoms with Crippen LogP contribution in [0.25, 0.3) is 0 Å². The van der Waals surface area contributed by atoms with Crippen LogP contribution in [0.2, 0.25) is 0 Å². The van der Waals surface area contributed by atoms with Gasteiger partial charge in [-0.3, -0.25) is 4.79 Å². The number of methoxy groups -OCH3 is 1. The molecule has 126 valence electrons. The Kier molecular flexibility index (Phi) is 4.40. The molecule has 0 unspecified atom stereocenters. The van der Waals surface area contributed by atoms with Gasteiger partial charge in [0.15, 0.2) is 0 Å². The molecule has 24 heavy (non-hydrogen) atoms. The Hall–Kier alpha value is -1.85. The number of halogens is 1. The molecule has 1 aliphatic rings. The maximum atomic E-state index is 13.0. The van der Waals surface area contributed by atoms with Gasteiger partial charge in [-0.15, -0.1) is 0 Å². The summed E-state index contributed by atoms with van der Waals surface area (Å²) in [5.74, 6) is 1.11. The van der Waals surface area contributed by atoms with Gasteiger partial charge < -0.3 is 14.2 Å². The molecular weight excluding hydrogens is 346 g/mol. The van der Waals surface area contributed by atoms with E-state index in [4.69, 9.17) is 21.1 Å². The van der Waals surface area contributed by atoms with E-state index in [1.54, 1.807) is 25.3 Å². The fourth-order valence-corrected chi connectivity index (χ4v) is 3.65. The van der Waals surface area contributed by atoms with Crippen molar-refractivity contribution in [2.45, 2.75) is 23.7 Å². The molecule has 4 nitrogen and oxygen atoms in total. The zero-order valence-electron chi connectivity index (χ0n) is 13.6. The number of benzene rings is 2. The highest BCUT2D eigenvalue weighted by Gasteiger charge is 2.57. The fraction of sp³-hybridized carbons (Fsp3) is 0.278. The molecule has 0 amide bonds. The third-order valence-electron chi connectivity index (χ3n) is 3.94. The number of Topliss-reactive ketones (excluding diaryl/α,β-unsaturated/α-hetero) is 1. The van der Waals surface area contributed by atoms with E-state index in [2.05, 4.69) is 4.72 Å². The molecule has 1 atom stereocenters. The standard InChI is InChI=1S/C18H18ClNO3S/c1-17(2)18(19,16(21)14-9-4-5-10-15(14)23-17)24-20-12-7-6-8-13(11-12)22-3/h4-11,20H,1-3H3/t18-/m0/s1. The van der Waals surface area contributed by atoms with Crippen molar-refractivity contribution in [3.05, 3.63) is 54.1 Å². The summed E-state index contributed by atoms with van der Waals surface area (Å²) in [6, 6.07) is 14.6. The lowest BCUT2D eigenvalue weighted by Crippen LogP contribution is -2.56. The molecule has 1 N–H and O–H groups in total. The second-order valence-corrected chi connectivity index (χ2v) is 7.78. The zero-order chi connectivity index (χ0) is 17.4. The second-order valence-electron chi connectivity index (χ2n) is 5.97. The van der Waals surface area contributed by atoms with Gasteiger partial charge in [0, 0.05) is 11.8 Å². The van der Waals surface area contributed by atoms with Crippen molar-refractivity contribution in [2.75, 3.05) is 11.8 Å². The van der Waals surface area contributed by atoms with Crippen molar-refractivity contribution in [1.29, 1.82) is 0 Å². The van der Waals surface area contributed by atoms with Crippen LogP contribution >= 0.6 is 23.5 Å². The number of carbonyl (C=O) groups is 1. The van der Waals surface area contributed by atoms with Crippen molar-refractivity contribution in [3.63, 3.8) is 0 Å². The van der Waals surface area contributed by atoms with E-state index in [9.17, 15) is 4.79 Å². The number of ketones is 1. The number of rotatable bonds is 4. The van der Waals surface area contributed by atoms with Crippen LogP contribution in [0, 0.1) is 0 Å². The molecule has 1 aliphatic heterocycles. The van der Waals surface area contributed by atoms with E-state index in [-0.39, 0.29) is 5.78 Å². The van der Waals surface area contributed by atoms with Gasteiger partial charge in [-0.05, 0) is 50.1 Å². The largest absolute Gasteiger partial charge is 0.497 e. The predicted molar refractivity (Wildman–Crippen MR) is 98.3 cm³/mol. The normalized spacial score (nSPS) is 21.6. The van der Waals surface area contributed by atoms with Gasteiger partial charge in [0.05, 0.1) is 12.7 Å². The molecule has 2 aromatic carbocycles. The van der Waals surface area contributed by atoms with Crippen LogP contribution in [0.4, 0.5) is 5.69 Å². The van der Waals surface area contributed by atoms with E-state index in [0.717, 1.165) is 23.4 Å². The fourth-order valence-electron chi connectivity index (χ4n) is 2.52. The number of anilines is 1. The molecule has 0 saturated carbocycles. The Morgan fingerprint density at radius 2 is 1.92 bits per heavy atom. The highest BCUT2D eigenvalue weighted by molar-refractivity contribution is 8.04. The second kappa shape index (κ2) is 6.22. The predicted octanol–water partition coefficient (Wildman–Crippen LogP) is 4.74. The third-order valence-corrected chi connectivity index (χ3v) is 6.10. The topological polar surface area (TPSA) is 47.6 Å². The minimum absolute atomic E-state index is 0.170. The average Bonchev–Trinajstić information content (AvgIpc) is 2.58. The van der Waals surface area contributed by atoms with Crippen molar-refractivity contribution in [2.24, 2.45) is 0 Å². The van der Waals surface area contributed by atoms with E-state index < -0.39 is 9.81 Å². The number of hydrogen-bond donors (Lipinski definition) is 1. The summed E-state index contributed by atoms with van der Waals surface area (Å²) in [4.78, 5) is 13.0. The van der Waals surface area contributed by atoms with Crippen molar-refractivity contribution >= 4 is 35.0 Å². The van der Waals surface area contributed by atoms with Crippen molar-refractivity contribution < 1.29 is 14.3 Å². The summed E-state index contributed by atoms with van der Waals surface area (Å²) < 4.78 is 13.1. The maximum absolute atomic E-state index is 13.0. The monoisotopic (exact) mass is 363 g/mol. The van der Waals surface area contributed by atoms with Crippen LogP contribution in [0.15, 0.2) is 48.5 Å². The van der Waals surface area contributed by atoms with Crippen LogP contribution in [-0.2, 0) is 0 Å². The van der Waals surface area contributed by atoms with Crippen LogP contribution in [0.5, 0.6) is 11.5 Å². The van der Waals surface area contributed by atoms with E-state index in [1.165, 1.54) is 0 Å². The van der Waals surface area contributed by atoms with Gasteiger partial charge in [0.25, 0.3) is 0 Å². The Labute approximate surface area is 150 Å². The number of carbonyl (C=O) groups excluding carboxylic acids is 1. The highest BCUT2D eigenvalue weighted by Crippen LogP contribution is 2.49. The molecule has 3 rings (SSSR count). The molecule has 0 radical (unpaired) electrons. The lowest BCUT2D eigenvalue weighted by atomic mass is 9.92. The number of alkyl halides is 1. The maximum Gasteiger partial charge on any atom is 0.210 e. The average molecular weight is 364 g/mol. The van der Waals surface area contributed by atoms with Crippen LogP contribution in [-0.4, -0.2) is 22.7 Å². The van der Waals surface area contributed by atoms with E-state index in [1.807, 2.05) is 44.2 Å². The lowest BCUT2D eigenvalue weighted by molar-refractivity contribution is 0.0579. The number of para-hydroxylation sites is 1. The minimum Gasteiger partial charge on any atom is -0.497 e. The molecule has 0 saturated heterocycles. The van der Waals surface area contributed by atoms with Gasteiger partial charge in [-0.2, -0.15) is 0 Å². The molecule has 1 heterocycles. The first-order valence-corrected chi connectivity index (χ1v) is 8.67. The summed E-state index contributed by atoms with van der Waals surface area (Å²) >= 11 is 7.90. The number of hydrogen-bond acceptors (Lipinski definition) is 5. The molecular formula is C18H18ClNO3S. The highest BCUT2D eigenvalue weighted by atomic mass is 35.5. The molecule has 0 aliphatic carbocycles. The SMILES string of the molecule is COc1cccc(NS[C@@]2(Cl)C(=O)c3ccccc3OC2(C)C)c1. The number of fused-ring (bicyclic) bond motifs is 1. The summed E-state index contributed by atoms with van der Waals surface area (Å²) in [7, 11) is 1.61. The molecule has 6 heteroatoms. The van der Waals surface area contributed by atoms with Crippen molar-refractivity contribution in [1.82, 2.24) is 0 Å². The van der Waals surface area contributed by atoms with E-state index >= 15 is 0 Å². The zero-order valence-corrected chi connectivity index (χ0v) is 15.2.